The number of benzene rings is 1. The molecule has 0 atom stereocenters. The van der Waals surface area contributed by atoms with Crippen LogP contribution in [0.2, 0.25) is 0 Å². The zero-order chi connectivity index (χ0) is 17.1. The number of carbonyl (C=O) groups is 1. The number of rotatable bonds is 8. The second-order valence-electron chi connectivity index (χ2n) is 5.04. The summed E-state index contributed by atoms with van der Waals surface area (Å²) in [6.45, 7) is 3.50. The first-order valence-corrected chi connectivity index (χ1v) is 8.51. The van der Waals surface area contributed by atoms with E-state index in [0.29, 0.717) is 31.0 Å². The van der Waals surface area contributed by atoms with Crippen LogP contribution in [-0.2, 0) is 11.2 Å². The van der Waals surface area contributed by atoms with E-state index in [1.54, 1.807) is 13.1 Å². The number of hydrogen-bond donors (Lipinski definition) is 3. The molecule has 0 aliphatic carbocycles. The molecule has 0 saturated carbocycles. The Bertz CT molecular complexity index is 537. The van der Waals surface area contributed by atoms with Gasteiger partial charge in [0.2, 0.25) is 5.91 Å². The Hall–Kier alpha value is -1.63. The summed E-state index contributed by atoms with van der Waals surface area (Å²) in [4.78, 5) is 15.5. The second-order valence-corrected chi connectivity index (χ2v) is 5.96. The van der Waals surface area contributed by atoms with E-state index >= 15 is 0 Å². The van der Waals surface area contributed by atoms with Gasteiger partial charge in [0.1, 0.15) is 5.82 Å². The highest BCUT2D eigenvalue weighted by atomic mass is 79.9. The van der Waals surface area contributed by atoms with Gasteiger partial charge in [-0.1, -0.05) is 28.9 Å². The lowest BCUT2D eigenvalue weighted by atomic mass is 10.1. The molecule has 0 spiro atoms. The number of guanidine groups is 1. The van der Waals surface area contributed by atoms with Gasteiger partial charge in [0.05, 0.1) is 6.54 Å². The van der Waals surface area contributed by atoms with Crippen molar-refractivity contribution in [3.05, 3.63) is 34.1 Å². The number of nitrogens with zero attached hydrogens (tertiary/aromatic N) is 1. The Kier molecular flexibility index (Phi) is 9.28. The van der Waals surface area contributed by atoms with Crippen molar-refractivity contribution >= 4 is 27.8 Å². The quantitative estimate of drug-likeness (QED) is 0.364. The molecular formula is C16H24BrFN4O. The summed E-state index contributed by atoms with van der Waals surface area (Å²) in [5.41, 5.74) is 0.692. The SMILES string of the molecule is CCCNC(=O)CNC(=NC)NCCCc1ccc(Br)cc1F. The first-order chi connectivity index (χ1) is 11.1. The van der Waals surface area contributed by atoms with E-state index in [-0.39, 0.29) is 18.3 Å². The van der Waals surface area contributed by atoms with Gasteiger partial charge in [0.15, 0.2) is 5.96 Å². The summed E-state index contributed by atoms with van der Waals surface area (Å²) in [6, 6.07) is 5.09. The van der Waals surface area contributed by atoms with Crippen molar-refractivity contribution in [3.8, 4) is 0 Å². The van der Waals surface area contributed by atoms with Gasteiger partial charge in [-0.2, -0.15) is 0 Å². The average molecular weight is 387 g/mol. The number of amides is 1. The van der Waals surface area contributed by atoms with Crippen LogP contribution in [0.25, 0.3) is 0 Å². The summed E-state index contributed by atoms with van der Waals surface area (Å²) < 4.78 is 14.4. The lowest BCUT2D eigenvalue weighted by Crippen LogP contribution is -2.43. The minimum atomic E-state index is -0.200. The maximum absolute atomic E-state index is 13.7. The van der Waals surface area contributed by atoms with Crippen LogP contribution in [0.3, 0.4) is 0 Å². The first-order valence-electron chi connectivity index (χ1n) is 7.72. The Morgan fingerprint density at radius 2 is 2.04 bits per heavy atom. The summed E-state index contributed by atoms with van der Waals surface area (Å²) in [5, 5.41) is 8.83. The van der Waals surface area contributed by atoms with Crippen LogP contribution in [0.5, 0.6) is 0 Å². The molecule has 23 heavy (non-hydrogen) atoms. The van der Waals surface area contributed by atoms with Gasteiger partial charge < -0.3 is 16.0 Å². The van der Waals surface area contributed by atoms with Crippen LogP contribution in [0.15, 0.2) is 27.7 Å². The molecule has 1 aromatic carbocycles. The largest absolute Gasteiger partial charge is 0.356 e. The van der Waals surface area contributed by atoms with Gasteiger partial charge in [-0.3, -0.25) is 9.79 Å². The van der Waals surface area contributed by atoms with Crippen LogP contribution >= 0.6 is 15.9 Å². The van der Waals surface area contributed by atoms with E-state index in [0.717, 1.165) is 17.3 Å². The average Bonchev–Trinajstić information content (AvgIpc) is 2.53. The minimum absolute atomic E-state index is 0.0632. The second kappa shape index (κ2) is 11.0. The Morgan fingerprint density at radius 3 is 2.70 bits per heavy atom. The van der Waals surface area contributed by atoms with Crippen LogP contribution in [0.4, 0.5) is 4.39 Å². The lowest BCUT2D eigenvalue weighted by Gasteiger charge is -2.12. The third-order valence-electron chi connectivity index (χ3n) is 3.14. The van der Waals surface area contributed by atoms with Gasteiger partial charge in [-0.05, 0) is 37.0 Å². The molecule has 0 fully saturated rings. The van der Waals surface area contributed by atoms with E-state index in [4.69, 9.17) is 0 Å². The van der Waals surface area contributed by atoms with Crippen molar-refractivity contribution in [1.82, 2.24) is 16.0 Å². The molecule has 0 unspecified atom stereocenters. The van der Waals surface area contributed by atoms with E-state index in [9.17, 15) is 9.18 Å². The van der Waals surface area contributed by atoms with Crippen LogP contribution in [0.1, 0.15) is 25.3 Å². The van der Waals surface area contributed by atoms with Crippen molar-refractivity contribution in [2.75, 3.05) is 26.7 Å². The number of halogens is 2. The number of aryl methyl sites for hydroxylation is 1. The van der Waals surface area contributed by atoms with Crippen LogP contribution in [0, 0.1) is 5.82 Å². The summed E-state index contributed by atoms with van der Waals surface area (Å²) >= 11 is 3.24. The highest BCUT2D eigenvalue weighted by Crippen LogP contribution is 2.16. The van der Waals surface area contributed by atoms with E-state index in [1.165, 1.54) is 6.07 Å². The molecule has 3 N–H and O–H groups in total. The summed E-state index contributed by atoms with van der Waals surface area (Å²) in [5.74, 6) is 0.300. The monoisotopic (exact) mass is 386 g/mol. The van der Waals surface area contributed by atoms with Crippen LogP contribution < -0.4 is 16.0 Å². The smallest absolute Gasteiger partial charge is 0.239 e. The Labute approximate surface area is 145 Å². The standard InChI is InChI=1S/C16H24BrFN4O/c1-3-8-20-15(23)11-22-16(19-2)21-9-4-5-12-6-7-13(17)10-14(12)18/h6-7,10H,3-5,8-9,11H2,1-2H3,(H,20,23)(H2,19,21,22). The lowest BCUT2D eigenvalue weighted by molar-refractivity contribution is -0.120. The van der Waals surface area contributed by atoms with E-state index in [2.05, 4.69) is 36.9 Å². The maximum atomic E-state index is 13.7. The summed E-state index contributed by atoms with van der Waals surface area (Å²) in [6.07, 6.45) is 2.31. The van der Waals surface area contributed by atoms with Gasteiger partial charge in [-0.25, -0.2) is 4.39 Å². The predicted octanol–water partition coefficient (Wildman–Crippen LogP) is 2.21. The molecule has 0 aromatic heterocycles. The molecule has 1 aromatic rings. The molecule has 1 rings (SSSR count). The fourth-order valence-electron chi connectivity index (χ4n) is 1.92. The third-order valence-corrected chi connectivity index (χ3v) is 3.64. The molecule has 1 amide bonds. The molecule has 0 aliphatic rings. The molecule has 0 aliphatic heterocycles. The molecule has 0 heterocycles. The van der Waals surface area contributed by atoms with Crippen molar-refractivity contribution < 1.29 is 9.18 Å². The molecule has 0 radical (unpaired) electrons. The Balaban J connectivity index is 2.26. The van der Waals surface area contributed by atoms with E-state index < -0.39 is 0 Å². The zero-order valence-corrected chi connectivity index (χ0v) is 15.2. The Morgan fingerprint density at radius 1 is 1.26 bits per heavy atom. The fourth-order valence-corrected chi connectivity index (χ4v) is 2.25. The molecule has 0 saturated heterocycles. The highest BCUT2D eigenvalue weighted by Gasteiger charge is 2.04. The van der Waals surface area contributed by atoms with Gasteiger partial charge in [0, 0.05) is 24.6 Å². The van der Waals surface area contributed by atoms with Gasteiger partial charge in [0.25, 0.3) is 0 Å². The fraction of sp³-hybridized carbons (Fsp3) is 0.500. The highest BCUT2D eigenvalue weighted by molar-refractivity contribution is 9.10. The third kappa shape index (κ3) is 7.97. The normalized spacial score (nSPS) is 11.2. The topological polar surface area (TPSA) is 65.5 Å². The molecular weight excluding hydrogens is 363 g/mol. The molecule has 5 nitrogen and oxygen atoms in total. The van der Waals surface area contributed by atoms with E-state index in [1.807, 2.05) is 13.0 Å². The van der Waals surface area contributed by atoms with Crippen molar-refractivity contribution in [2.24, 2.45) is 4.99 Å². The molecule has 128 valence electrons. The van der Waals surface area contributed by atoms with Crippen LogP contribution in [-0.4, -0.2) is 38.5 Å². The number of aliphatic imine (C=N–C) groups is 1. The van der Waals surface area contributed by atoms with Crippen molar-refractivity contribution in [2.45, 2.75) is 26.2 Å². The van der Waals surface area contributed by atoms with Crippen molar-refractivity contribution in [3.63, 3.8) is 0 Å². The minimum Gasteiger partial charge on any atom is -0.356 e. The first kappa shape index (κ1) is 19.4. The summed E-state index contributed by atoms with van der Waals surface area (Å²) in [7, 11) is 1.65. The number of hydrogen-bond acceptors (Lipinski definition) is 2. The number of carbonyl (C=O) groups excluding carboxylic acids is 1. The molecule has 7 heteroatoms. The maximum Gasteiger partial charge on any atom is 0.239 e. The van der Waals surface area contributed by atoms with Gasteiger partial charge in [-0.15, -0.1) is 0 Å². The van der Waals surface area contributed by atoms with Gasteiger partial charge >= 0.3 is 0 Å². The zero-order valence-electron chi connectivity index (χ0n) is 13.6. The molecule has 0 bridgehead atoms. The predicted molar refractivity (Wildman–Crippen MR) is 95.1 cm³/mol. The number of nitrogens with one attached hydrogen (secondary N) is 3. The van der Waals surface area contributed by atoms with Crippen molar-refractivity contribution in [1.29, 1.82) is 0 Å².